The van der Waals surface area contributed by atoms with Crippen LogP contribution in [0.4, 0.5) is 10.8 Å². The predicted molar refractivity (Wildman–Crippen MR) is 71.4 cm³/mol. The second kappa shape index (κ2) is 5.48. The molecule has 0 aliphatic heterocycles. The highest BCUT2D eigenvalue weighted by Gasteiger charge is 2.25. The highest BCUT2D eigenvalue weighted by Crippen LogP contribution is 2.23. The number of hydrogen-bond donors (Lipinski definition) is 2. The first-order valence-electron chi connectivity index (χ1n) is 5.21. The summed E-state index contributed by atoms with van der Waals surface area (Å²) in [5.41, 5.74) is 4.88. The van der Waals surface area contributed by atoms with Gasteiger partial charge in [0.25, 0.3) is 5.69 Å². The number of rotatable bonds is 5. The van der Waals surface area contributed by atoms with Crippen molar-refractivity contribution in [2.75, 3.05) is 5.73 Å². The third-order valence-corrected chi connectivity index (χ3v) is 4.45. The van der Waals surface area contributed by atoms with E-state index in [2.05, 4.69) is 14.9 Å². The lowest BCUT2D eigenvalue weighted by atomic mass is 10.3. The molecule has 1 heterocycles. The van der Waals surface area contributed by atoms with Gasteiger partial charge in [0.2, 0.25) is 15.2 Å². The van der Waals surface area contributed by atoms with Gasteiger partial charge in [0.05, 0.1) is 11.5 Å². The smallest absolute Gasteiger partial charge is 0.289 e. The summed E-state index contributed by atoms with van der Waals surface area (Å²) in [4.78, 5) is 9.67. The van der Waals surface area contributed by atoms with E-state index in [1.165, 1.54) is 12.1 Å². The molecule has 0 aliphatic carbocycles. The third-order valence-electron chi connectivity index (χ3n) is 2.25. The molecule has 0 bridgehead atoms. The lowest BCUT2D eigenvalue weighted by Crippen LogP contribution is -2.24. The minimum absolute atomic E-state index is 0.136. The predicted octanol–water partition coefficient (Wildman–Crippen LogP) is 0.507. The molecule has 0 saturated heterocycles. The third kappa shape index (κ3) is 3.07. The maximum absolute atomic E-state index is 12.0. The normalized spacial score (nSPS) is 11.4. The van der Waals surface area contributed by atoms with Crippen LogP contribution < -0.4 is 10.5 Å². The van der Waals surface area contributed by atoms with Gasteiger partial charge in [-0.25, -0.2) is 13.1 Å². The van der Waals surface area contributed by atoms with E-state index in [-0.39, 0.29) is 11.7 Å². The summed E-state index contributed by atoms with van der Waals surface area (Å²) in [6, 6.07) is 5.08. The first kappa shape index (κ1) is 14.3. The molecule has 1 aromatic carbocycles. The summed E-state index contributed by atoms with van der Waals surface area (Å²) >= 11 is 1.03. The zero-order valence-electron chi connectivity index (χ0n) is 9.88. The van der Waals surface area contributed by atoms with Crippen LogP contribution in [-0.2, 0) is 16.6 Å². The van der Waals surface area contributed by atoms with Gasteiger partial charge in [0.1, 0.15) is 5.01 Å². The Morgan fingerprint density at radius 2 is 2.05 bits per heavy atom. The van der Waals surface area contributed by atoms with Crippen molar-refractivity contribution in [3.63, 3.8) is 0 Å². The van der Waals surface area contributed by atoms with Gasteiger partial charge in [-0.2, -0.15) is 0 Å². The number of para-hydroxylation sites is 1. The van der Waals surface area contributed by atoms with Gasteiger partial charge in [-0.1, -0.05) is 23.5 Å². The largest absolute Gasteiger partial charge is 0.374 e. The fraction of sp³-hybridized carbons (Fsp3) is 0.111. The minimum atomic E-state index is -4.02. The molecule has 0 amide bonds. The fourth-order valence-electron chi connectivity index (χ4n) is 1.41. The van der Waals surface area contributed by atoms with Gasteiger partial charge in [0.15, 0.2) is 4.90 Å². The average molecular weight is 315 g/mol. The summed E-state index contributed by atoms with van der Waals surface area (Å²) in [6.45, 7) is -0.136. The second-order valence-electron chi connectivity index (χ2n) is 3.58. The number of nitrogens with zero attached hydrogens (tertiary/aromatic N) is 3. The van der Waals surface area contributed by atoms with Crippen molar-refractivity contribution in [2.24, 2.45) is 0 Å². The Hall–Kier alpha value is -2.11. The molecule has 0 aliphatic rings. The lowest BCUT2D eigenvalue weighted by Gasteiger charge is -2.05. The number of nitrogens with two attached hydrogens (primary N) is 1. The quantitative estimate of drug-likeness (QED) is 0.604. The van der Waals surface area contributed by atoms with E-state index in [1.54, 1.807) is 0 Å². The number of benzene rings is 1. The monoisotopic (exact) mass is 315 g/mol. The topological polar surface area (TPSA) is 141 Å². The molecular formula is C9H9N5O4S2. The number of hydrogen-bond acceptors (Lipinski definition) is 8. The number of nitro benzene ring substituents is 1. The lowest BCUT2D eigenvalue weighted by molar-refractivity contribution is -0.387. The molecule has 20 heavy (non-hydrogen) atoms. The van der Waals surface area contributed by atoms with E-state index < -0.39 is 25.5 Å². The molecule has 0 fully saturated rings. The maximum Gasteiger partial charge on any atom is 0.289 e. The van der Waals surface area contributed by atoms with Crippen molar-refractivity contribution < 1.29 is 13.3 Å². The zero-order valence-corrected chi connectivity index (χ0v) is 11.5. The molecule has 2 aromatic rings. The Balaban J connectivity index is 2.25. The molecule has 0 atom stereocenters. The molecule has 0 spiro atoms. The molecule has 2 rings (SSSR count). The van der Waals surface area contributed by atoms with Crippen LogP contribution in [0.2, 0.25) is 0 Å². The van der Waals surface area contributed by atoms with Gasteiger partial charge >= 0.3 is 0 Å². The fourth-order valence-corrected chi connectivity index (χ4v) is 3.21. The average Bonchev–Trinajstić information content (AvgIpc) is 2.82. The first-order chi connectivity index (χ1) is 9.40. The van der Waals surface area contributed by atoms with Crippen LogP contribution in [0.1, 0.15) is 5.01 Å². The second-order valence-corrected chi connectivity index (χ2v) is 6.41. The van der Waals surface area contributed by atoms with Crippen LogP contribution in [0.25, 0.3) is 0 Å². The molecule has 0 saturated carbocycles. The number of nitrogen functional groups attached to an aromatic ring is 1. The number of nitrogens with one attached hydrogen (secondary N) is 1. The number of sulfonamides is 1. The number of anilines is 1. The molecular weight excluding hydrogens is 306 g/mol. The van der Waals surface area contributed by atoms with Crippen molar-refractivity contribution in [3.05, 3.63) is 39.4 Å². The maximum atomic E-state index is 12.0. The van der Waals surface area contributed by atoms with Crippen LogP contribution in [0.3, 0.4) is 0 Å². The van der Waals surface area contributed by atoms with E-state index in [9.17, 15) is 18.5 Å². The SMILES string of the molecule is Nc1nnc(CNS(=O)(=O)c2ccccc2[N+](=O)[O-])s1. The standard InChI is InChI=1S/C9H9N5O4S2/c10-9-13-12-8(19-9)5-11-20(17,18)7-4-2-1-3-6(7)14(15)16/h1-4,11H,5H2,(H2,10,13). The van der Waals surface area contributed by atoms with Gasteiger partial charge in [-0.3, -0.25) is 10.1 Å². The van der Waals surface area contributed by atoms with E-state index >= 15 is 0 Å². The number of nitro groups is 1. The number of aromatic nitrogens is 2. The molecule has 1 aromatic heterocycles. The van der Waals surface area contributed by atoms with Gasteiger partial charge in [0, 0.05) is 6.07 Å². The van der Waals surface area contributed by atoms with Crippen LogP contribution in [-0.4, -0.2) is 23.5 Å². The summed E-state index contributed by atoms with van der Waals surface area (Å²) < 4.78 is 26.3. The Kier molecular flexibility index (Phi) is 3.92. The zero-order chi connectivity index (χ0) is 14.8. The van der Waals surface area contributed by atoms with Crippen molar-refractivity contribution >= 4 is 32.2 Å². The van der Waals surface area contributed by atoms with Crippen LogP contribution >= 0.6 is 11.3 Å². The van der Waals surface area contributed by atoms with E-state index in [0.717, 1.165) is 23.5 Å². The van der Waals surface area contributed by atoms with Gasteiger partial charge < -0.3 is 5.73 Å². The van der Waals surface area contributed by atoms with Gasteiger partial charge in [-0.05, 0) is 6.07 Å². The van der Waals surface area contributed by atoms with E-state index in [4.69, 9.17) is 5.73 Å². The van der Waals surface area contributed by atoms with Crippen LogP contribution in [0.5, 0.6) is 0 Å². The molecule has 0 radical (unpaired) electrons. The Morgan fingerprint density at radius 1 is 1.35 bits per heavy atom. The first-order valence-corrected chi connectivity index (χ1v) is 7.51. The minimum Gasteiger partial charge on any atom is -0.374 e. The molecule has 3 N–H and O–H groups in total. The van der Waals surface area contributed by atoms with Crippen molar-refractivity contribution in [2.45, 2.75) is 11.4 Å². The highest BCUT2D eigenvalue weighted by atomic mass is 32.2. The summed E-state index contributed by atoms with van der Waals surface area (Å²) in [6.07, 6.45) is 0. The summed E-state index contributed by atoms with van der Waals surface area (Å²) in [5.74, 6) is 0. The molecule has 9 nitrogen and oxygen atoms in total. The summed E-state index contributed by atoms with van der Waals surface area (Å²) in [5, 5.41) is 18.6. The Morgan fingerprint density at radius 3 is 2.65 bits per heavy atom. The highest BCUT2D eigenvalue weighted by molar-refractivity contribution is 7.89. The van der Waals surface area contributed by atoms with Gasteiger partial charge in [-0.15, -0.1) is 10.2 Å². The van der Waals surface area contributed by atoms with E-state index in [0.29, 0.717) is 5.01 Å². The van der Waals surface area contributed by atoms with Crippen molar-refractivity contribution in [3.8, 4) is 0 Å². The van der Waals surface area contributed by atoms with Crippen molar-refractivity contribution in [1.82, 2.24) is 14.9 Å². The van der Waals surface area contributed by atoms with Crippen LogP contribution in [0, 0.1) is 10.1 Å². The van der Waals surface area contributed by atoms with Crippen molar-refractivity contribution in [1.29, 1.82) is 0 Å². The molecule has 0 unspecified atom stereocenters. The molecule has 11 heteroatoms. The summed E-state index contributed by atoms with van der Waals surface area (Å²) in [7, 11) is -4.02. The Labute approximate surface area is 117 Å². The molecule has 106 valence electrons. The van der Waals surface area contributed by atoms with Crippen LogP contribution in [0.15, 0.2) is 29.2 Å². The van der Waals surface area contributed by atoms with E-state index in [1.807, 2.05) is 0 Å². The Bertz CT molecular complexity index is 742.